The van der Waals surface area contributed by atoms with E-state index >= 15 is 0 Å². The van der Waals surface area contributed by atoms with Gasteiger partial charge < -0.3 is 14.8 Å². The number of thiocarbonyl (C=S) groups is 1. The molecule has 1 aliphatic rings. The molecule has 134 valence electrons. The van der Waals surface area contributed by atoms with Crippen LogP contribution in [0, 0.1) is 13.8 Å². The molecule has 2 aromatic rings. The maximum Gasteiger partial charge on any atom is 0.281 e. The van der Waals surface area contributed by atoms with Crippen LogP contribution in [0.4, 0.5) is 5.69 Å². The van der Waals surface area contributed by atoms with Gasteiger partial charge in [0.05, 0.1) is 19.9 Å². The average molecular weight is 368 g/mol. The summed E-state index contributed by atoms with van der Waals surface area (Å²) in [5, 5.41) is 3.38. The van der Waals surface area contributed by atoms with Gasteiger partial charge in [0.2, 0.25) is 0 Å². The van der Waals surface area contributed by atoms with Crippen LogP contribution in [-0.2, 0) is 4.79 Å². The lowest BCUT2D eigenvalue weighted by Crippen LogP contribution is -2.31. The number of ether oxygens (including phenoxy) is 2. The Labute approximate surface area is 158 Å². The van der Waals surface area contributed by atoms with Crippen LogP contribution >= 0.6 is 12.2 Å². The van der Waals surface area contributed by atoms with Crippen LogP contribution < -0.4 is 19.7 Å². The Bertz CT molecular complexity index is 899. The van der Waals surface area contributed by atoms with Crippen molar-refractivity contribution < 1.29 is 14.3 Å². The van der Waals surface area contributed by atoms with E-state index in [0.29, 0.717) is 22.3 Å². The smallest absolute Gasteiger partial charge is 0.281 e. The number of rotatable bonds is 4. The summed E-state index contributed by atoms with van der Waals surface area (Å²) >= 11 is 5.40. The van der Waals surface area contributed by atoms with Crippen LogP contribution in [0.5, 0.6) is 11.5 Å². The number of anilines is 1. The van der Waals surface area contributed by atoms with Crippen molar-refractivity contribution in [1.82, 2.24) is 5.32 Å². The summed E-state index contributed by atoms with van der Waals surface area (Å²) in [6.07, 6.45) is 1.74. The van der Waals surface area contributed by atoms with Crippen molar-refractivity contribution in [2.45, 2.75) is 13.8 Å². The second-order valence-corrected chi connectivity index (χ2v) is 6.38. The van der Waals surface area contributed by atoms with Crippen LogP contribution in [0.2, 0.25) is 0 Å². The lowest BCUT2D eigenvalue weighted by molar-refractivity contribution is -0.113. The van der Waals surface area contributed by atoms with Crippen molar-refractivity contribution in [1.29, 1.82) is 0 Å². The largest absolute Gasteiger partial charge is 0.497 e. The van der Waals surface area contributed by atoms with Gasteiger partial charge in [-0.1, -0.05) is 12.1 Å². The Morgan fingerprint density at radius 2 is 1.73 bits per heavy atom. The van der Waals surface area contributed by atoms with Gasteiger partial charge >= 0.3 is 0 Å². The average Bonchev–Trinajstić information content (AvgIpc) is 2.90. The highest BCUT2D eigenvalue weighted by Crippen LogP contribution is 2.29. The highest BCUT2D eigenvalue weighted by Gasteiger charge is 2.33. The minimum Gasteiger partial charge on any atom is -0.497 e. The van der Waals surface area contributed by atoms with Gasteiger partial charge in [-0.25, -0.2) is 0 Å². The number of carbonyl (C=O) groups is 1. The first kappa shape index (κ1) is 17.9. The van der Waals surface area contributed by atoms with E-state index in [9.17, 15) is 4.79 Å². The van der Waals surface area contributed by atoms with Crippen LogP contribution in [0.3, 0.4) is 0 Å². The molecule has 0 saturated carbocycles. The summed E-state index contributed by atoms with van der Waals surface area (Å²) < 4.78 is 10.6. The number of hydrogen-bond donors (Lipinski definition) is 1. The molecule has 1 amide bonds. The minimum absolute atomic E-state index is 0.189. The molecule has 0 atom stereocenters. The molecule has 3 rings (SSSR count). The van der Waals surface area contributed by atoms with Crippen molar-refractivity contribution in [2.75, 3.05) is 19.1 Å². The van der Waals surface area contributed by atoms with Gasteiger partial charge in [0.25, 0.3) is 5.91 Å². The summed E-state index contributed by atoms with van der Waals surface area (Å²) in [6.45, 7) is 3.99. The van der Waals surface area contributed by atoms with E-state index < -0.39 is 0 Å². The Balaban J connectivity index is 1.99. The molecule has 1 saturated heterocycles. The zero-order valence-electron chi connectivity index (χ0n) is 15.1. The van der Waals surface area contributed by atoms with Crippen LogP contribution in [0.1, 0.15) is 16.7 Å². The topological polar surface area (TPSA) is 50.8 Å². The van der Waals surface area contributed by atoms with Crippen molar-refractivity contribution in [2.24, 2.45) is 0 Å². The third-order valence-corrected chi connectivity index (χ3v) is 4.66. The molecule has 1 aliphatic heterocycles. The third-order valence-electron chi connectivity index (χ3n) is 4.38. The molecule has 1 heterocycles. The lowest BCUT2D eigenvalue weighted by atomic mass is 10.1. The number of hydrogen-bond acceptors (Lipinski definition) is 4. The predicted molar refractivity (Wildman–Crippen MR) is 107 cm³/mol. The molecule has 26 heavy (non-hydrogen) atoms. The third kappa shape index (κ3) is 3.28. The molecule has 0 aromatic heterocycles. The van der Waals surface area contributed by atoms with Crippen LogP contribution in [0.15, 0.2) is 42.1 Å². The van der Waals surface area contributed by atoms with Gasteiger partial charge in [0, 0.05) is 6.07 Å². The van der Waals surface area contributed by atoms with E-state index in [0.717, 1.165) is 22.4 Å². The van der Waals surface area contributed by atoms with Gasteiger partial charge in [-0.05, 0) is 67.0 Å². The van der Waals surface area contributed by atoms with Gasteiger partial charge in [0.1, 0.15) is 17.2 Å². The molecule has 5 nitrogen and oxygen atoms in total. The molecule has 0 spiro atoms. The highest BCUT2D eigenvalue weighted by molar-refractivity contribution is 7.80. The van der Waals surface area contributed by atoms with E-state index in [4.69, 9.17) is 21.7 Å². The van der Waals surface area contributed by atoms with Crippen molar-refractivity contribution in [3.8, 4) is 11.5 Å². The fourth-order valence-electron chi connectivity index (χ4n) is 2.81. The van der Waals surface area contributed by atoms with Gasteiger partial charge in [-0.3, -0.25) is 9.69 Å². The first-order valence-corrected chi connectivity index (χ1v) is 8.52. The Hall–Kier alpha value is -2.86. The second kappa shape index (κ2) is 7.17. The Morgan fingerprint density at radius 1 is 1.08 bits per heavy atom. The standard InChI is InChI=1S/C20H20N2O3S/c1-12-6-5-7-18(13(12)2)22-19(23)17(21-20(22)26)10-14-8-15(24-3)11-16(9-14)25-4/h5-11H,1-4H3,(H,21,26)/b17-10-. The number of benzene rings is 2. The van der Waals surface area contributed by atoms with E-state index in [-0.39, 0.29) is 5.91 Å². The zero-order valence-corrected chi connectivity index (χ0v) is 15.9. The molecule has 0 aliphatic carbocycles. The number of nitrogens with zero attached hydrogens (tertiary/aromatic N) is 1. The monoisotopic (exact) mass is 368 g/mol. The van der Waals surface area contributed by atoms with Gasteiger partial charge in [-0.2, -0.15) is 0 Å². The zero-order chi connectivity index (χ0) is 18.8. The summed E-state index contributed by atoms with van der Waals surface area (Å²) in [5.41, 5.74) is 4.11. The quantitative estimate of drug-likeness (QED) is 0.660. The first-order valence-electron chi connectivity index (χ1n) is 8.11. The predicted octanol–water partition coefficient (Wildman–Crippen LogP) is 3.58. The maximum atomic E-state index is 12.9. The molecule has 0 bridgehead atoms. The molecule has 6 heteroatoms. The summed E-state index contributed by atoms with van der Waals surface area (Å²) in [5.74, 6) is 1.11. The van der Waals surface area contributed by atoms with Crippen molar-refractivity contribution >= 4 is 35.0 Å². The number of aryl methyl sites for hydroxylation is 1. The fraction of sp³-hybridized carbons (Fsp3) is 0.200. The highest BCUT2D eigenvalue weighted by atomic mass is 32.1. The van der Waals surface area contributed by atoms with Crippen LogP contribution in [0.25, 0.3) is 6.08 Å². The number of amides is 1. The Morgan fingerprint density at radius 3 is 2.35 bits per heavy atom. The number of nitrogens with one attached hydrogen (secondary N) is 1. The van der Waals surface area contributed by atoms with Crippen molar-refractivity contribution in [3.05, 3.63) is 58.8 Å². The molecule has 2 aromatic carbocycles. The fourth-order valence-corrected chi connectivity index (χ4v) is 3.10. The van der Waals surface area contributed by atoms with E-state index in [1.807, 2.05) is 44.2 Å². The van der Waals surface area contributed by atoms with Crippen LogP contribution in [-0.4, -0.2) is 25.2 Å². The normalized spacial score (nSPS) is 15.4. The maximum absolute atomic E-state index is 12.9. The minimum atomic E-state index is -0.189. The molecular weight excluding hydrogens is 348 g/mol. The number of carbonyl (C=O) groups excluding carboxylic acids is 1. The molecule has 1 fully saturated rings. The lowest BCUT2D eigenvalue weighted by Gasteiger charge is -2.18. The number of methoxy groups -OCH3 is 2. The summed E-state index contributed by atoms with van der Waals surface area (Å²) in [4.78, 5) is 14.5. The van der Waals surface area contributed by atoms with E-state index in [2.05, 4.69) is 5.32 Å². The SMILES string of the molecule is COc1cc(/C=C2\NC(=S)N(c3cccc(C)c3C)C2=O)cc(OC)c1. The summed E-state index contributed by atoms with van der Waals surface area (Å²) in [7, 11) is 3.17. The molecule has 1 N–H and O–H groups in total. The van der Waals surface area contributed by atoms with E-state index in [1.54, 1.807) is 26.4 Å². The Kier molecular flexibility index (Phi) is 4.95. The van der Waals surface area contributed by atoms with Gasteiger partial charge in [-0.15, -0.1) is 0 Å². The molecule has 0 radical (unpaired) electrons. The summed E-state index contributed by atoms with van der Waals surface area (Å²) in [6, 6.07) is 11.3. The molecule has 0 unspecified atom stereocenters. The van der Waals surface area contributed by atoms with E-state index in [1.165, 1.54) is 4.90 Å². The molecular formula is C20H20N2O3S. The second-order valence-electron chi connectivity index (χ2n) is 5.99. The first-order chi connectivity index (χ1) is 12.4. The van der Waals surface area contributed by atoms with Crippen molar-refractivity contribution in [3.63, 3.8) is 0 Å². The van der Waals surface area contributed by atoms with Gasteiger partial charge in [0.15, 0.2) is 5.11 Å².